The predicted octanol–water partition coefficient (Wildman–Crippen LogP) is 0.0513. The Labute approximate surface area is 83.2 Å². The van der Waals surface area contributed by atoms with Crippen LogP contribution in [0.25, 0.3) is 0 Å². The third-order valence-electron chi connectivity index (χ3n) is 1.82. The average Bonchev–Trinajstić information content (AvgIpc) is 2.63. The Balaban J connectivity index is 3.03. The van der Waals surface area contributed by atoms with Gasteiger partial charge in [0.05, 0.1) is 0 Å². The molecule has 1 unspecified atom stereocenters. The maximum Gasteiger partial charge on any atom is 0.377 e. The number of carboxylic acids is 1. The minimum atomic E-state index is -4.28. The first-order valence-electron chi connectivity index (χ1n) is 4.08. The second-order valence-electron chi connectivity index (χ2n) is 2.76. The van der Waals surface area contributed by atoms with Gasteiger partial charge < -0.3 is 10.2 Å². The molecule has 0 spiro atoms. The number of rotatable bonds is 4. The van der Waals surface area contributed by atoms with Crippen LogP contribution in [0.15, 0.2) is 6.33 Å². The normalized spacial score (nSPS) is 13.9. The maximum atomic E-state index is 12.9. The van der Waals surface area contributed by atoms with Gasteiger partial charge in [0.15, 0.2) is 11.9 Å². The number of aliphatic hydroxyl groups excluding tert-OH is 1. The molecule has 8 heteroatoms. The fourth-order valence-corrected chi connectivity index (χ4v) is 1.01. The van der Waals surface area contributed by atoms with E-state index in [2.05, 4.69) is 10.1 Å². The van der Waals surface area contributed by atoms with Crippen molar-refractivity contribution in [2.24, 2.45) is 0 Å². The highest BCUT2D eigenvalue weighted by Gasteiger charge is 2.49. The molecule has 0 saturated heterocycles. The fourth-order valence-electron chi connectivity index (χ4n) is 1.01. The van der Waals surface area contributed by atoms with Crippen molar-refractivity contribution < 1.29 is 23.8 Å². The summed E-state index contributed by atoms with van der Waals surface area (Å²) in [5.41, 5.74) is 0. The Kier molecular flexibility index (Phi) is 2.98. The van der Waals surface area contributed by atoms with E-state index in [1.54, 1.807) is 6.92 Å². The second-order valence-corrected chi connectivity index (χ2v) is 2.76. The van der Waals surface area contributed by atoms with E-state index in [0.29, 0.717) is 0 Å². The third-order valence-corrected chi connectivity index (χ3v) is 1.82. The molecular weight excluding hydrogens is 212 g/mol. The zero-order valence-corrected chi connectivity index (χ0v) is 7.76. The van der Waals surface area contributed by atoms with Crippen LogP contribution in [0, 0.1) is 0 Å². The highest BCUT2D eigenvalue weighted by Crippen LogP contribution is 2.30. The summed E-state index contributed by atoms with van der Waals surface area (Å²) in [5.74, 6) is -7.15. The van der Waals surface area contributed by atoms with Crippen LogP contribution in [0.3, 0.4) is 0 Å². The molecule has 0 saturated carbocycles. The second kappa shape index (κ2) is 3.89. The number of nitrogens with zero attached hydrogens (tertiary/aromatic N) is 3. The zero-order valence-electron chi connectivity index (χ0n) is 7.76. The lowest BCUT2D eigenvalue weighted by molar-refractivity contribution is -0.184. The van der Waals surface area contributed by atoms with E-state index in [1.807, 2.05) is 0 Å². The minimum absolute atomic E-state index is 0.210. The summed E-state index contributed by atoms with van der Waals surface area (Å²) < 4.78 is 26.8. The smallest absolute Gasteiger partial charge is 0.377 e. The average molecular weight is 221 g/mol. The molecule has 0 radical (unpaired) electrons. The fraction of sp³-hybridized carbons (Fsp3) is 0.571. The van der Waals surface area contributed by atoms with Crippen LogP contribution in [0.4, 0.5) is 8.78 Å². The van der Waals surface area contributed by atoms with Crippen molar-refractivity contribution in [3.05, 3.63) is 12.2 Å². The van der Waals surface area contributed by atoms with Crippen molar-refractivity contribution in [1.82, 2.24) is 14.8 Å². The van der Waals surface area contributed by atoms with E-state index in [-0.39, 0.29) is 6.54 Å². The van der Waals surface area contributed by atoms with Crippen LogP contribution in [-0.2, 0) is 11.3 Å². The zero-order chi connectivity index (χ0) is 11.6. The molecule has 2 N–H and O–H groups in total. The number of aryl methyl sites for hydroxylation is 1. The number of halogens is 2. The third kappa shape index (κ3) is 1.94. The lowest BCUT2D eigenvalue weighted by atomic mass is 10.2. The summed E-state index contributed by atoms with van der Waals surface area (Å²) in [5, 5.41) is 20.9. The number of hydrogen-bond acceptors (Lipinski definition) is 4. The highest BCUT2D eigenvalue weighted by molar-refractivity contribution is 5.76. The van der Waals surface area contributed by atoms with Crippen LogP contribution >= 0.6 is 0 Å². The van der Waals surface area contributed by atoms with Crippen LogP contribution < -0.4 is 0 Å². The molecule has 0 aliphatic heterocycles. The number of aromatic nitrogens is 3. The topological polar surface area (TPSA) is 88.2 Å². The van der Waals surface area contributed by atoms with Crippen LogP contribution in [0.5, 0.6) is 0 Å². The van der Waals surface area contributed by atoms with Gasteiger partial charge in [0.25, 0.3) is 0 Å². The maximum absolute atomic E-state index is 12.9. The monoisotopic (exact) mass is 221 g/mol. The van der Waals surface area contributed by atoms with Gasteiger partial charge in [-0.15, -0.1) is 0 Å². The van der Waals surface area contributed by atoms with E-state index in [4.69, 9.17) is 10.2 Å². The molecule has 0 aliphatic rings. The summed E-state index contributed by atoms with van der Waals surface area (Å²) in [6, 6.07) is 0. The minimum Gasteiger partial charge on any atom is -0.477 e. The molecule has 1 aromatic heterocycles. The van der Waals surface area contributed by atoms with Crippen molar-refractivity contribution >= 4 is 5.97 Å². The van der Waals surface area contributed by atoms with E-state index in [1.165, 1.54) is 0 Å². The van der Waals surface area contributed by atoms with Crippen molar-refractivity contribution in [2.75, 3.05) is 0 Å². The summed E-state index contributed by atoms with van der Waals surface area (Å²) in [6.45, 7) is 1.81. The Bertz CT molecular complexity index is 366. The van der Waals surface area contributed by atoms with Gasteiger partial charge in [-0.1, -0.05) is 0 Å². The number of aliphatic carboxylic acids is 1. The summed E-state index contributed by atoms with van der Waals surface area (Å²) >= 11 is 0. The lowest BCUT2D eigenvalue weighted by Gasteiger charge is -2.17. The molecule has 0 fully saturated rings. The molecule has 84 valence electrons. The van der Waals surface area contributed by atoms with Gasteiger partial charge >= 0.3 is 11.9 Å². The molecule has 1 aromatic rings. The molecule has 6 nitrogen and oxygen atoms in total. The molecule has 0 amide bonds. The molecule has 0 aromatic carbocycles. The molecular formula is C7H9F2N3O3. The highest BCUT2D eigenvalue weighted by atomic mass is 19.3. The molecule has 1 heterocycles. The summed E-state index contributed by atoms with van der Waals surface area (Å²) in [4.78, 5) is 13.6. The predicted molar refractivity (Wildman–Crippen MR) is 43.2 cm³/mol. The number of carboxylic acid groups (broad SMARTS) is 1. The summed E-state index contributed by atoms with van der Waals surface area (Å²) in [6.07, 6.45) is -1.53. The van der Waals surface area contributed by atoms with Crippen molar-refractivity contribution in [1.29, 1.82) is 0 Å². The Morgan fingerprint density at radius 2 is 2.33 bits per heavy atom. The van der Waals surface area contributed by atoms with Crippen LogP contribution in [0.2, 0.25) is 0 Å². The van der Waals surface area contributed by atoms with Gasteiger partial charge in [0.2, 0.25) is 0 Å². The standard InChI is InChI=1S/C7H9F2N3O3/c1-2-12-5(10-3-11-12)4(13)7(8,9)6(14)15/h3-4,13H,2H2,1H3,(H,14,15). The first-order valence-corrected chi connectivity index (χ1v) is 4.08. The quantitative estimate of drug-likeness (QED) is 0.750. The van der Waals surface area contributed by atoms with Crippen LogP contribution in [0.1, 0.15) is 18.9 Å². The molecule has 1 rings (SSSR count). The number of hydrogen-bond donors (Lipinski definition) is 2. The Morgan fingerprint density at radius 3 is 2.80 bits per heavy atom. The van der Waals surface area contributed by atoms with Gasteiger partial charge in [0.1, 0.15) is 6.33 Å². The molecule has 0 bridgehead atoms. The van der Waals surface area contributed by atoms with Gasteiger partial charge in [-0.3, -0.25) is 0 Å². The molecule has 15 heavy (non-hydrogen) atoms. The first kappa shape index (κ1) is 11.5. The number of aliphatic hydroxyl groups is 1. The van der Waals surface area contributed by atoms with Gasteiger partial charge in [0, 0.05) is 6.54 Å². The summed E-state index contributed by atoms with van der Waals surface area (Å²) in [7, 11) is 0. The molecule has 1 atom stereocenters. The van der Waals surface area contributed by atoms with E-state index >= 15 is 0 Å². The van der Waals surface area contributed by atoms with E-state index < -0.39 is 23.8 Å². The Morgan fingerprint density at radius 1 is 1.73 bits per heavy atom. The van der Waals surface area contributed by atoms with Crippen molar-refractivity contribution in [3.8, 4) is 0 Å². The lowest BCUT2D eigenvalue weighted by Crippen LogP contribution is -2.37. The van der Waals surface area contributed by atoms with Crippen molar-refractivity contribution in [2.45, 2.75) is 25.5 Å². The van der Waals surface area contributed by atoms with Gasteiger partial charge in [-0.25, -0.2) is 14.5 Å². The molecule has 0 aliphatic carbocycles. The van der Waals surface area contributed by atoms with Gasteiger partial charge in [-0.2, -0.15) is 13.9 Å². The first-order chi connectivity index (χ1) is 6.91. The van der Waals surface area contributed by atoms with Crippen LogP contribution in [-0.4, -0.2) is 36.9 Å². The van der Waals surface area contributed by atoms with E-state index in [0.717, 1.165) is 11.0 Å². The van der Waals surface area contributed by atoms with E-state index in [9.17, 15) is 13.6 Å². The van der Waals surface area contributed by atoms with Crippen molar-refractivity contribution in [3.63, 3.8) is 0 Å². The number of carbonyl (C=O) groups is 1. The largest absolute Gasteiger partial charge is 0.477 e. The SMILES string of the molecule is CCn1ncnc1C(O)C(F)(F)C(=O)O. The number of alkyl halides is 2. The Hall–Kier alpha value is -1.57. The van der Waals surface area contributed by atoms with Gasteiger partial charge in [-0.05, 0) is 6.92 Å².